The molecule has 1 unspecified atom stereocenters. The number of hydrogen-bond donors (Lipinski definition) is 1. The van der Waals surface area contributed by atoms with Crippen LogP contribution >= 0.6 is 0 Å². The summed E-state index contributed by atoms with van der Waals surface area (Å²) in [6.45, 7) is 8.43. The minimum atomic E-state index is 0.199. The Morgan fingerprint density at radius 3 is 2.68 bits per heavy atom. The number of benzene rings is 1. The van der Waals surface area contributed by atoms with E-state index in [-0.39, 0.29) is 6.10 Å². The summed E-state index contributed by atoms with van der Waals surface area (Å²) in [5.41, 5.74) is 1.12. The van der Waals surface area contributed by atoms with Crippen molar-refractivity contribution in [2.75, 3.05) is 13.3 Å². The Morgan fingerprint density at radius 1 is 1.26 bits per heavy atom. The van der Waals surface area contributed by atoms with Gasteiger partial charge >= 0.3 is 0 Å². The molecule has 1 atom stereocenters. The van der Waals surface area contributed by atoms with Gasteiger partial charge in [0.15, 0.2) is 11.5 Å². The van der Waals surface area contributed by atoms with E-state index in [1.54, 1.807) is 0 Å². The van der Waals surface area contributed by atoms with Crippen LogP contribution in [0.4, 0.5) is 0 Å². The first-order valence-corrected chi connectivity index (χ1v) is 7.04. The van der Waals surface area contributed by atoms with Crippen molar-refractivity contribution in [3.05, 3.63) is 17.7 Å². The highest BCUT2D eigenvalue weighted by Gasteiger charge is 2.18. The van der Waals surface area contributed by atoms with E-state index in [1.807, 2.05) is 12.1 Å². The Balaban J connectivity index is 2.16. The standard InChI is InChI=1S/C15H23NO3/c1-4-6-16-9-12-7-14-15(18-10-17-14)8-13(12)19-11(3)5-2/h7-8,11,16H,4-6,9-10H2,1-3H3. The third kappa shape index (κ3) is 3.53. The van der Waals surface area contributed by atoms with E-state index in [0.29, 0.717) is 6.79 Å². The van der Waals surface area contributed by atoms with E-state index in [9.17, 15) is 0 Å². The monoisotopic (exact) mass is 265 g/mol. The van der Waals surface area contributed by atoms with Crippen molar-refractivity contribution in [1.29, 1.82) is 0 Å². The predicted molar refractivity (Wildman–Crippen MR) is 74.9 cm³/mol. The first-order chi connectivity index (χ1) is 9.24. The number of nitrogens with one attached hydrogen (secondary N) is 1. The van der Waals surface area contributed by atoms with Crippen LogP contribution in [0.15, 0.2) is 12.1 Å². The lowest BCUT2D eigenvalue weighted by Crippen LogP contribution is -2.16. The van der Waals surface area contributed by atoms with Crippen molar-refractivity contribution < 1.29 is 14.2 Å². The zero-order valence-electron chi connectivity index (χ0n) is 12.0. The van der Waals surface area contributed by atoms with Gasteiger partial charge in [0.1, 0.15) is 5.75 Å². The molecule has 0 saturated carbocycles. The first-order valence-electron chi connectivity index (χ1n) is 7.04. The van der Waals surface area contributed by atoms with Gasteiger partial charge in [0.05, 0.1) is 6.10 Å². The summed E-state index contributed by atoms with van der Waals surface area (Å²) >= 11 is 0. The second-order valence-electron chi connectivity index (χ2n) is 4.83. The molecule has 1 aliphatic heterocycles. The third-order valence-electron chi connectivity index (χ3n) is 3.20. The van der Waals surface area contributed by atoms with Gasteiger partial charge in [-0.1, -0.05) is 13.8 Å². The van der Waals surface area contributed by atoms with Crippen molar-refractivity contribution >= 4 is 0 Å². The largest absolute Gasteiger partial charge is 0.490 e. The fourth-order valence-electron chi connectivity index (χ4n) is 1.91. The molecule has 1 heterocycles. The molecule has 0 radical (unpaired) electrons. The molecule has 0 saturated heterocycles. The molecule has 2 rings (SSSR count). The van der Waals surface area contributed by atoms with E-state index in [0.717, 1.165) is 48.7 Å². The fraction of sp³-hybridized carbons (Fsp3) is 0.600. The summed E-state index contributed by atoms with van der Waals surface area (Å²) in [7, 11) is 0. The van der Waals surface area contributed by atoms with Gasteiger partial charge < -0.3 is 19.5 Å². The molecular formula is C15H23NO3. The quantitative estimate of drug-likeness (QED) is 0.769. The molecule has 4 heteroatoms. The van der Waals surface area contributed by atoms with Crippen LogP contribution in [0.5, 0.6) is 17.2 Å². The van der Waals surface area contributed by atoms with Crippen LogP contribution in [0.3, 0.4) is 0 Å². The molecule has 0 aliphatic carbocycles. The summed E-state index contributed by atoms with van der Waals surface area (Å²) in [6, 6.07) is 3.96. The van der Waals surface area contributed by atoms with Gasteiger partial charge in [-0.25, -0.2) is 0 Å². The SMILES string of the molecule is CCCNCc1cc2c(cc1OC(C)CC)OCO2. The zero-order chi connectivity index (χ0) is 13.7. The van der Waals surface area contributed by atoms with E-state index < -0.39 is 0 Å². The summed E-state index contributed by atoms with van der Waals surface area (Å²) in [5.74, 6) is 2.48. The average molecular weight is 265 g/mol. The first kappa shape index (κ1) is 14.0. The van der Waals surface area contributed by atoms with Gasteiger partial charge in [0.2, 0.25) is 6.79 Å². The van der Waals surface area contributed by atoms with Gasteiger partial charge in [-0.3, -0.25) is 0 Å². The Morgan fingerprint density at radius 2 is 2.00 bits per heavy atom. The maximum atomic E-state index is 5.98. The Bertz CT molecular complexity index is 420. The highest BCUT2D eigenvalue weighted by atomic mass is 16.7. The molecule has 19 heavy (non-hydrogen) atoms. The molecule has 0 amide bonds. The normalized spacial score (nSPS) is 14.5. The molecule has 0 spiro atoms. The molecule has 1 aromatic carbocycles. The van der Waals surface area contributed by atoms with Crippen molar-refractivity contribution in [3.63, 3.8) is 0 Å². The van der Waals surface area contributed by atoms with Crippen LogP contribution in [0.1, 0.15) is 39.2 Å². The van der Waals surface area contributed by atoms with Crippen LogP contribution < -0.4 is 19.5 Å². The van der Waals surface area contributed by atoms with Gasteiger partial charge in [0, 0.05) is 18.2 Å². The summed E-state index contributed by atoms with van der Waals surface area (Å²) < 4.78 is 16.8. The third-order valence-corrected chi connectivity index (χ3v) is 3.20. The van der Waals surface area contributed by atoms with Crippen LogP contribution in [0.2, 0.25) is 0 Å². The second-order valence-corrected chi connectivity index (χ2v) is 4.83. The minimum absolute atomic E-state index is 0.199. The van der Waals surface area contributed by atoms with E-state index in [4.69, 9.17) is 14.2 Å². The molecule has 1 N–H and O–H groups in total. The molecule has 1 aliphatic rings. The number of ether oxygens (including phenoxy) is 3. The molecule has 0 bridgehead atoms. The van der Waals surface area contributed by atoms with Crippen LogP contribution in [0, 0.1) is 0 Å². The maximum absolute atomic E-state index is 5.98. The highest BCUT2D eigenvalue weighted by Crippen LogP contribution is 2.38. The van der Waals surface area contributed by atoms with Gasteiger partial charge in [-0.15, -0.1) is 0 Å². The Hall–Kier alpha value is -1.42. The summed E-state index contributed by atoms with van der Waals surface area (Å²) in [6.07, 6.45) is 2.30. The van der Waals surface area contributed by atoms with Crippen molar-refractivity contribution in [2.24, 2.45) is 0 Å². The van der Waals surface area contributed by atoms with Crippen molar-refractivity contribution in [3.8, 4) is 17.2 Å². The van der Waals surface area contributed by atoms with E-state index >= 15 is 0 Å². The van der Waals surface area contributed by atoms with Gasteiger partial charge in [-0.05, 0) is 32.4 Å². The number of rotatable bonds is 7. The van der Waals surface area contributed by atoms with Crippen LogP contribution in [0.25, 0.3) is 0 Å². The topological polar surface area (TPSA) is 39.7 Å². The maximum Gasteiger partial charge on any atom is 0.231 e. The lowest BCUT2D eigenvalue weighted by molar-refractivity contribution is 0.173. The molecule has 0 fully saturated rings. The molecule has 1 aromatic rings. The lowest BCUT2D eigenvalue weighted by Gasteiger charge is -2.17. The van der Waals surface area contributed by atoms with Crippen LogP contribution in [-0.4, -0.2) is 19.4 Å². The van der Waals surface area contributed by atoms with Gasteiger partial charge in [0.25, 0.3) is 0 Å². The molecular weight excluding hydrogens is 242 g/mol. The summed E-state index contributed by atoms with van der Waals surface area (Å²) in [5, 5.41) is 3.40. The molecule has 106 valence electrons. The minimum Gasteiger partial charge on any atom is -0.490 e. The highest BCUT2D eigenvalue weighted by molar-refractivity contribution is 5.51. The predicted octanol–water partition coefficient (Wildman–Crippen LogP) is 3.09. The van der Waals surface area contributed by atoms with Crippen molar-refractivity contribution in [2.45, 2.75) is 46.3 Å². The number of hydrogen-bond acceptors (Lipinski definition) is 4. The Labute approximate surface area is 115 Å². The fourth-order valence-corrected chi connectivity index (χ4v) is 1.91. The van der Waals surface area contributed by atoms with E-state index in [1.165, 1.54) is 0 Å². The lowest BCUT2D eigenvalue weighted by atomic mass is 10.1. The molecule has 4 nitrogen and oxygen atoms in total. The second kappa shape index (κ2) is 6.66. The molecule has 0 aromatic heterocycles. The Kier molecular flexibility index (Phi) is 4.91. The number of fused-ring (bicyclic) bond motifs is 1. The zero-order valence-corrected chi connectivity index (χ0v) is 12.0. The average Bonchev–Trinajstić information content (AvgIpc) is 2.86. The smallest absolute Gasteiger partial charge is 0.231 e. The summed E-state index contributed by atoms with van der Waals surface area (Å²) in [4.78, 5) is 0. The van der Waals surface area contributed by atoms with E-state index in [2.05, 4.69) is 26.1 Å². The van der Waals surface area contributed by atoms with Crippen LogP contribution in [-0.2, 0) is 6.54 Å². The van der Waals surface area contributed by atoms with Crippen molar-refractivity contribution in [1.82, 2.24) is 5.32 Å². The van der Waals surface area contributed by atoms with Gasteiger partial charge in [-0.2, -0.15) is 0 Å².